The summed E-state index contributed by atoms with van der Waals surface area (Å²) < 4.78 is 6.99. The van der Waals surface area contributed by atoms with Gasteiger partial charge >= 0.3 is 0 Å². The maximum atomic E-state index is 5.91. The van der Waals surface area contributed by atoms with Gasteiger partial charge in [0.2, 0.25) is 0 Å². The molecule has 3 aromatic heterocycles. The van der Waals surface area contributed by atoms with Crippen molar-refractivity contribution >= 4 is 17.2 Å². The monoisotopic (exact) mass is 304 g/mol. The van der Waals surface area contributed by atoms with Gasteiger partial charge < -0.3 is 10.3 Å². The number of anilines is 1. The Bertz CT molecular complexity index is 737. The number of rotatable bonds is 3. The molecule has 0 spiro atoms. The highest BCUT2D eigenvalue weighted by Gasteiger charge is 2.25. The fourth-order valence-corrected chi connectivity index (χ4v) is 2.81. The standard InChI is InChI=1S/C13H16N6OS/c1-13(2,3)10-11(14)16-18-19(10)7-9-15-12(20-17-9)8-5-4-6-21-8/h4-6H,7,14H2,1-3H3. The second-order valence-electron chi connectivity index (χ2n) is 5.72. The number of hydrogen-bond donors (Lipinski definition) is 1. The number of thiophene rings is 1. The summed E-state index contributed by atoms with van der Waals surface area (Å²) in [7, 11) is 0. The van der Waals surface area contributed by atoms with Gasteiger partial charge in [-0.05, 0) is 11.4 Å². The zero-order chi connectivity index (χ0) is 15.0. The molecule has 0 saturated carbocycles. The van der Waals surface area contributed by atoms with E-state index in [0.29, 0.717) is 24.1 Å². The molecular formula is C13H16N6OS. The lowest BCUT2D eigenvalue weighted by Gasteiger charge is -2.19. The van der Waals surface area contributed by atoms with E-state index in [1.807, 2.05) is 17.5 Å². The number of aromatic nitrogens is 5. The number of nitrogens with two attached hydrogens (primary N) is 1. The third-order valence-electron chi connectivity index (χ3n) is 2.96. The fourth-order valence-electron chi connectivity index (χ4n) is 2.16. The molecule has 7 nitrogen and oxygen atoms in total. The zero-order valence-electron chi connectivity index (χ0n) is 12.1. The van der Waals surface area contributed by atoms with Crippen molar-refractivity contribution in [3.05, 3.63) is 29.0 Å². The zero-order valence-corrected chi connectivity index (χ0v) is 12.9. The van der Waals surface area contributed by atoms with Crippen molar-refractivity contribution in [2.45, 2.75) is 32.7 Å². The second kappa shape index (κ2) is 4.96. The minimum absolute atomic E-state index is 0.159. The molecule has 0 radical (unpaired) electrons. The molecule has 0 atom stereocenters. The summed E-state index contributed by atoms with van der Waals surface area (Å²) in [5.74, 6) is 1.50. The first-order valence-electron chi connectivity index (χ1n) is 6.51. The quantitative estimate of drug-likeness (QED) is 0.797. The first kappa shape index (κ1) is 13.7. The van der Waals surface area contributed by atoms with Crippen molar-refractivity contribution in [3.63, 3.8) is 0 Å². The van der Waals surface area contributed by atoms with Gasteiger partial charge in [-0.15, -0.1) is 16.4 Å². The molecule has 0 unspecified atom stereocenters. The Labute approximate surface area is 125 Å². The summed E-state index contributed by atoms with van der Waals surface area (Å²) in [5, 5.41) is 14.0. The summed E-state index contributed by atoms with van der Waals surface area (Å²) in [6.07, 6.45) is 0. The molecule has 0 amide bonds. The second-order valence-corrected chi connectivity index (χ2v) is 6.67. The Morgan fingerprint density at radius 2 is 2.19 bits per heavy atom. The molecule has 8 heteroatoms. The molecule has 0 saturated heterocycles. The molecule has 0 bridgehead atoms. The molecule has 0 aliphatic carbocycles. The summed E-state index contributed by atoms with van der Waals surface area (Å²) in [6, 6.07) is 3.88. The lowest BCUT2D eigenvalue weighted by molar-refractivity contribution is 0.415. The average molecular weight is 304 g/mol. The van der Waals surface area contributed by atoms with Crippen molar-refractivity contribution in [3.8, 4) is 10.8 Å². The largest absolute Gasteiger partial charge is 0.381 e. The van der Waals surface area contributed by atoms with Crippen LogP contribution in [-0.2, 0) is 12.0 Å². The van der Waals surface area contributed by atoms with Gasteiger partial charge in [0.25, 0.3) is 5.89 Å². The molecular weight excluding hydrogens is 288 g/mol. The molecule has 0 fully saturated rings. The van der Waals surface area contributed by atoms with E-state index >= 15 is 0 Å². The van der Waals surface area contributed by atoms with E-state index in [1.54, 1.807) is 16.0 Å². The smallest absolute Gasteiger partial charge is 0.268 e. The minimum atomic E-state index is -0.159. The molecule has 110 valence electrons. The van der Waals surface area contributed by atoms with Crippen molar-refractivity contribution in [2.75, 3.05) is 5.73 Å². The number of hydrogen-bond acceptors (Lipinski definition) is 7. The Morgan fingerprint density at radius 3 is 2.86 bits per heavy atom. The van der Waals surface area contributed by atoms with E-state index in [0.717, 1.165) is 10.6 Å². The van der Waals surface area contributed by atoms with Gasteiger partial charge in [-0.25, -0.2) is 4.68 Å². The maximum absolute atomic E-state index is 5.91. The predicted octanol–water partition coefficient (Wildman–Crippen LogP) is 2.32. The van der Waals surface area contributed by atoms with Crippen LogP contribution in [0, 0.1) is 0 Å². The van der Waals surface area contributed by atoms with Gasteiger partial charge in [-0.2, -0.15) is 4.98 Å². The molecule has 3 aromatic rings. The van der Waals surface area contributed by atoms with Gasteiger partial charge in [0.15, 0.2) is 11.6 Å². The molecule has 0 aromatic carbocycles. The normalized spacial score (nSPS) is 12.0. The summed E-state index contributed by atoms with van der Waals surface area (Å²) in [5.41, 5.74) is 6.61. The van der Waals surface area contributed by atoms with Crippen LogP contribution in [0.25, 0.3) is 10.8 Å². The van der Waals surface area contributed by atoms with Gasteiger partial charge in [-0.1, -0.05) is 37.2 Å². The van der Waals surface area contributed by atoms with E-state index in [9.17, 15) is 0 Å². The van der Waals surface area contributed by atoms with Crippen LogP contribution in [-0.4, -0.2) is 25.1 Å². The van der Waals surface area contributed by atoms with Crippen LogP contribution >= 0.6 is 11.3 Å². The van der Waals surface area contributed by atoms with Crippen molar-refractivity contribution < 1.29 is 4.52 Å². The van der Waals surface area contributed by atoms with E-state index in [1.165, 1.54) is 0 Å². The topological polar surface area (TPSA) is 95.7 Å². The van der Waals surface area contributed by atoms with Crippen LogP contribution in [0.3, 0.4) is 0 Å². The first-order chi connectivity index (χ1) is 9.95. The lowest BCUT2D eigenvalue weighted by atomic mass is 9.92. The summed E-state index contributed by atoms with van der Waals surface area (Å²) >= 11 is 1.56. The highest BCUT2D eigenvalue weighted by molar-refractivity contribution is 7.13. The third-order valence-corrected chi connectivity index (χ3v) is 3.82. The number of nitrogen functional groups attached to an aromatic ring is 1. The van der Waals surface area contributed by atoms with E-state index < -0.39 is 0 Å². The maximum Gasteiger partial charge on any atom is 0.268 e. The van der Waals surface area contributed by atoms with Gasteiger partial charge in [0.05, 0.1) is 10.6 Å². The molecule has 2 N–H and O–H groups in total. The van der Waals surface area contributed by atoms with E-state index in [2.05, 4.69) is 41.2 Å². The summed E-state index contributed by atoms with van der Waals surface area (Å²) in [6.45, 7) is 6.56. The van der Waals surface area contributed by atoms with Gasteiger partial charge in [0.1, 0.15) is 6.54 Å². The minimum Gasteiger partial charge on any atom is -0.381 e. The van der Waals surface area contributed by atoms with Crippen LogP contribution < -0.4 is 5.73 Å². The molecule has 21 heavy (non-hydrogen) atoms. The van der Waals surface area contributed by atoms with Crippen LogP contribution in [0.4, 0.5) is 5.82 Å². The molecule has 3 heterocycles. The fraction of sp³-hybridized carbons (Fsp3) is 0.385. The van der Waals surface area contributed by atoms with Crippen LogP contribution in [0.5, 0.6) is 0 Å². The molecule has 0 aliphatic rings. The van der Waals surface area contributed by atoms with Gasteiger partial charge in [-0.3, -0.25) is 0 Å². The molecule has 0 aliphatic heterocycles. The van der Waals surface area contributed by atoms with Crippen LogP contribution in [0.15, 0.2) is 22.0 Å². The summed E-state index contributed by atoms with van der Waals surface area (Å²) in [4.78, 5) is 5.33. The average Bonchev–Trinajstić information content (AvgIpc) is 3.09. The van der Waals surface area contributed by atoms with Crippen LogP contribution in [0.1, 0.15) is 32.3 Å². The van der Waals surface area contributed by atoms with E-state index in [-0.39, 0.29) is 5.41 Å². The highest BCUT2D eigenvalue weighted by Crippen LogP contribution is 2.27. The Morgan fingerprint density at radius 1 is 1.38 bits per heavy atom. The Balaban J connectivity index is 1.88. The van der Waals surface area contributed by atoms with Gasteiger partial charge in [0, 0.05) is 5.41 Å². The first-order valence-corrected chi connectivity index (χ1v) is 7.39. The molecule has 3 rings (SSSR count). The predicted molar refractivity (Wildman–Crippen MR) is 79.8 cm³/mol. The number of nitrogens with zero attached hydrogens (tertiary/aromatic N) is 5. The lowest BCUT2D eigenvalue weighted by Crippen LogP contribution is -2.20. The van der Waals surface area contributed by atoms with E-state index in [4.69, 9.17) is 10.3 Å². The third kappa shape index (κ3) is 2.66. The van der Waals surface area contributed by atoms with Crippen molar-refractivity contribution in [2.24, 2.45) is 0 Å². The van der Waals surface area contributed by atoms with Crippen molar-refractivity contribution in [1.82, 2.24) is 25.1 Å². The highest BCUT2D eigenvalue weighted by atomic mass is 32.1. The van der Waals surface area contributed by atoms with Crippen molar-refractivity contribution in [1.29, 1.82) is 0 Å². The Hall–Kier alpha value is -2.22. The Kier molecular flexibility index (Phi) is 3.25. The van der Waals surface area contributed by atoms with Crippen LogP contribution in [0.2, 0.25) is 0 Å². The SMILES string of the molecule is CC(C)(C)c1c(N)nnn1Cc1noc(-c2cccs2)n1.